The van der Waals surface area contributed by atoms with Crippen molar-refractivity contribution in [2.24, 2.45) is 11.7 Å². The fourth-order valence-corrected chi connectivity index (χ4v) is 3.61. The lowest BCUT2D eigenvalue weighted by molar-refractivity contribution is 0.0545. The number of carbonyl (C=O) groups excluding carboxylic acids is 1. The monoisotopic (exact) mass is 438 g/mol. The fourth-order valence-electron chi connectivity index (χ4n) is 3.61. The Morgan fingerprint density at radius 2 is 1.94 bits per heavy atom. The predicted molar refractivity (Wildman–Crippen MR) is 128 cm³/mol. The normalized spacial score (nSPS) is 13.3. The Morgan fingerprint density at radius 3 is 2.62 bits per heavy atom. The molecule has 1 amide bonds. The average Bonchev–Trinajstić information content (AvgIpc) is 3.19. The van der Waals surface area contributed by atoms with Crippen LogP contribution in [0.1, 0.15) is 43.1 Å². The van der Waals surface area contributed by atoms with Gasteiger partial charge in [-0.1, -0.05) is 51.1 Å². The van der Waals surface area contributed by atoms with Crippen LogP contribution in [0.3, 0.4) is 0 Å². The molecule has 7 heteroatoms. The summed E-state index contributed by atoms with van der Waals surface area (Å²) in [7, 11) is 0. The van der Waals surface area contributed by atoms with Crippen molar-refractivity contribution in [2.45, 2.75) is 45.8 Å². The van der Waals surface area contributed by atoms with Crippen molar-refractivity contribution in [1.29, 1.82) is 0 Å². The molecular weight excluding hydrogens is 404 g/mol. The van der Waals surface area contributed by atoms with Crippen LogP contribution in [0.4, 0.5) is 6.01 Å². The van der Waals surface area contributed by atoms with E-state index in [1.54, 1.807) is 23.1 Å². The Hall–Kier alpha value is -2.90. The first-order valence-electron chi connectivity index (χ1n) is 11.3. The quantitative estimate of drug-likeness (QED) is 0.422. The second-order valence-corrected chi connectivity index (χ2v) is 8.65. The first-order valence-corrected chi connectivity index (χ1v) is 11.3. The van der Waals surface area contributed by atoms with Gasteiger partial charge in [0.15, 0.2) is 5.58 Å². The number of benzene rings is 2. The summed E-state index contributed by atoms with van der Waals surface area (Å²) in [6, 6.07) is 15.1. The number of nitrogens with one attached hydrogen (secondary N) is 1. The number of aliphatic hydroxyl groups excluding tert-OH is 1. The topological polar surface area (TPSA) is 105 Å². The molecule has 0 aliphatic heterocycles. The second-order valence-electron chi connectivity index (χ2n) is 8.65. The molecule has 0 spiro atoms. The molecule has 0 saturated heterocycles. The fraction of sp³-hybridized carbons (Fsp3) is 0.440. The summed E-state index contributed by atoms with van der Waals surface area (Å²) >= 11 is 0. The molecule has 0 unspecified atom stereocenters. The highest BCUT2D eigenvalue weighted by molar-refractivity contribution is 5.97. The van der Waals surface area contributed by atoms with Gasteiger partial charge in [0.2, 0.25) is 0 Å². The van der Waals surface area contributed by atoms with Gasteiger partial charge in [-0.15, -0.1) is 0 Å². The summed E-state index contributed by atoms with van der Waals surface area (Å²) in [5.41, 5.74) is 9.08. The predicted octanol–water partition coefficient (Wildman–Crippen LogP) is 3.68. The standard InChI is InChI=1S/C25H34N4O3/c1-4-12-27-25-28-21-11-10-19(14-23(21)32-25)24(31)29(15-17(2)3)16-22(30)20(26)13-18-8-6-5-7-9-18/h5-11,14,17,20,22,30H,4,12-13,15-16,26H2,1-3H3,(H,27,28)/t20-,22+/m0/s1. The van der Waals surface area contributed by atoms with Crippen LogP contribution in [0.15, 0.2) is 52.9 Å². The Labute approximate surface area is 189 Å². The van der Waals surface area contributed by atoms with Gasteiger partial charge in [-0.05, 0) is 42.5 Å². The molecule has 0 saturated carbocycles. The summed E-state index contributed by atoms with van der Waals surface area (Å²) in [6.45, 7) is 7.61. The molecule has 32 heavy (non-hydrogen) atoms. The number of aromatic nitrogens is 1. The van der Waals surface area contributed by atoms with Crippen LogP contribution in [-0.2, 0) is 6.42 Å². The van der Waals surface area contributed by atoms with Gasteiger partial charge in [-0.2, -0.15) is 4.98 Å². The maximum Gasteiger partial charge on any atom is 0.295 e. The highest BCUT2D eigenvalue weighted by Crippen LogP contribution is 2.21. The largest absolute Gasteiger partial charge is 0.424 e. The number of amides is 1. The van der Waals surface area contributed by atoms with Crippen LogP contribution < -0.4 is 11.1 Å². The zero-order valence-corrected chi connectivity index (χ0v) is 19.1. The molecular formula is C25H34N4O3. The molecule has 1 heterocycles. The third-order valence-electron chi connectivity index (χ3n) is 5.25. The van der Waals surface area contributed by atoms with Crippen molar-refractivity contribution in [2.75, 3.05) is 25.0 Å². The van der Waals surface area contributed by atoms with Crippen LogP contribution in [-0.4, -0.2) is 52.7 Å². The summed E-state index contributed by atoms with van der Waals surface area (Å²) < 4.78 is 5.75. The Bertz CT molecular complexity index is 1000. The number of anilines is 1. The number of rotatable bonds is 11. The second kappa shape index (κ2) is 11.1. The van der Waals surface area contributed by atoms with E-state index < -0.39 is 12.1 Å². The first-order chi connectivity index (χ1) is 15.4. The summed E-state index contributed by atoms with van der Waals surface area (Å²) in [6.07, 6.45) is 0.668. The highest BCUT2D eigenvalue weighted by atomic mass is 16.4. The molecule has 0 aliphatic rings. The molecule has 172 valence electrons. The van der Waals surface area contributed by atoms with Gasteiger partial charge in [-0.3, -0.25) is 4.79 Å². The average molecular weight is 439 g/mol. The van der Waals surface area contributed by atoms with E-state index >= 15 is 0 Å². The van der Waals surface area contributed by atoms with E-state index in [1.807, 2.05) is 44.2 Å². The van der Waals surface area contributed by atoms with Crippen LogP contribution in [0.25, 0.3) is 11.1 Å². The number of hydrogen-bond acceptors (Lipinski definition) is 6. The Kier molecular flexibility index (Phi) is 8.25. The molecule has 3 aromatic rings. The lowest BCUT2D eigenvalue weighted by Crippen LogP contribution is -2.47. The van der Waals surface area contributed by atoms with Gasteiger partial charge >= 0.3 is 0 Å². The minimum atomic E-state index is -0.836. The number of carbonyl (C=O) groups is 1. The van der Waals surface area contributed by atoms with E-state index in [4.69, 9.17) is 10.2 Å². The summed E-state index contributed by atoms with van der Waals surface area (Å²) in [5, 5.41) is 13.9. The van der Waals surface area contributed by atoms with Crippen molar-refractivity contribution in [3.8, 4) is 0 Å². The van der Waals surface area contributed by atoms with Gasteiger partial charge in [0.25, 0.3) is 11.9 Å². The number of nitrogens with two attached hydrogens (primary N) is 1. The van der Waals surface area contributed by atoms with E-state index in [0.29, 0.717) is 35.6 Å². The van der Waals surface area contributed by atoms with E-state index in [9.17, 15) is 9.90 Å². The molecule has 0 bridgehead atoms. The van der Waals surface area contributed by atoms with Crippen molar-refractivity contribution in [3.05, 3.63) is 59.7 Å². The minimum absolute atomic E-state index is 0.161. The SMILES string of the molecule is CCCNc1nc2ccc(C(=O)N(CC(C)C)C[C@@H](O)[C@@H](N)Cc3ccccc3)cc2o1. The number of fused-ring (bicyclic) bond motifs is 1. The van der Waals surface area contributed by atoms with Gasteiger partial charge in [0.05, 0.1) is 6.10 Å². The lowest BCUT2D eigenvalue weighted by Gasteiger charge is -2.29. The highest BCUT2D eigenvalue weighted by Gasteiger charge is 2.24. The van der Waals surface area contributed by atoms with E-state index in [0.717, 1.165) is 18.5 Å². The smallest absolute Gasteiger partial charge is 0.295 e. The molecule has 0 aliphatic carbocycles. The Balaban J connectivity index is 1.73. The van der Waals surface area contributed by atoms with Crippen molar-refractivity contribution in [1.82, 2.24) is 9.88 Å². The molecule has 1 aromatic heterocycles. The molecule has 3 rings (SSSR count). The zero-order chi connectivity index (χ0) is 23.1. The van der Waals surface area contributed by atoms with Crippen LogP contribution in [0.2, 0.25) is 0 Å². The molecule has 2 atom stereocenters. The van der Waals surface area contributed by atoms with Gasteiger partial charge in [0, 0.05) is 31.2 Å². The number of oxazole rings is 1. The molecule has 4 N–H and O–H groups in total. The maximum absolute atomic E-state index is 13.3. The zero-order valence-electron chi connectivity index (χ0n) is 19.1. The van der Waals surface area contributed by atoms with Crippen LogP contribution >= 0.6 is 0 Å². The lowest BCUT2D eigenvalue weighted by atomic mass is 10.0. The Morgan fingerprint density at radius 1 is 1.19 bits per heavy atom. The number of aliphatic hydroxyl groups is 1. The van der Waals surface area contributed by atoms with Gasteiger partial charge in [-0.25, -0.2) is 0 Å². The molecule has 7 nitrogen and oxygen atoms in total. The maximum atomic E-state index is 13.3. The summed E-state index contributed by atoms with van der Waals surface area (Å²) in [4.78, 5) is 19.4. The third-order valence-corrected chi connectivity index (χ3v) is 5.25. The van der Waals surface area contributed by atoms with Crippen molar-refractivity contribution < 1.29 is 14.3 Å². The first kappa shape index (κ1) is 23.8. The van der Waals surface area contributed by atoms with Gasteiger partial charge < -0.3 is 25.5 Å². The van der Waals surface area contributed by atoms with Crippen molar-refractivity contribution >= 4 is 23.0 Å². The number of nitrogens with zero attached hydrogens (tertiary/aromatic N) is 2. The van der Waals surface area contributed by atoms with E-state index in [1.165, 1.54) is 0 Å². The van der Waals surface area contributed by atoms with Crippen LogP contribution in [0, 0.1) is 5.92 Å². The summed E-state index contributed by atoms with van der Waals surface area (Å²) in [5.74, 6) is 0.0846. The van der Waals surface area contributed by atoms with E-state index in [2.05, 4.69) is 17.2 Å². The molecule has 0 radical (unpaired) electrons. The molecule has 2 aromatic carbocycles. The van der Waals surface area contributed by atoms with Crippen molar-refractivity contribution in [3.63, 3.8) is 0 Å². The minimum Gasteiger partial charge on any atom is -0.424 e. The van der Waals surface area contributed by atoms with Crippen LogP contribution in [0.5, 0.6) is 0 Å². The molecule has 0 fully saturated rings. The van der Waals surface area contributed by atoms with Gasteiger partial charge in [0.1, 0.15) is 5.52 Å². The third kappa shape index (κ3) is 6.31. The van der Waals surface area contributed by atoms with E-state index in [-0.39, 0.29) is 18.4 Å². The number of hydrogen-bond donors (Lipinski definition) is 3.